The van der Waals surface area contributed by atoms with Gasteiger partial charge in [0.25, 0.3) is 0 Å². The molecule has 1 heterocycles. The fraction of sp³-hybridized carbons (Fsp3) is 1.00. The first-order chi connectivity index (χ1) is 7.03. The van der Waals surface area contributed by atoms with Crippen molar-refractivity contribution in [1.82, 2.24) is 11.1 Å². The minimum atomic E-state index is -4.58. The standard InChI is InChI=1S/C8H17NO5S.H3N/c1-2-8(7-14-15(10,11)12)9-3-5-13-6-4-9;/h8H,2-7H2,1H3,(H,10,11,12);1H3. The molecule has 1 aliphatic rings. The van der Waals surface area contributed by atoms with Gasteiger partial charge in [0.2, 0.25) is 10.4 Å². The molecule has 0 radical (unpaired) electrons. The summed E-state index contributed by atoms with van der Waals surface area (Å²) in [5, 5.41) is 0. The molecular formula is C8H20N2O5S. The van der Waals surface area contributed by atoms with Crippen LogP contribution >= 0.6 is 0 Å². The van der Waals surface area contributed by atoms with Crippen molar-refractivity contribution in [3.05, 3.63) is 0 Å². The van der Waals surface area contributed by atoms with Gasteiger partial charge in [-0.25, -0.2) is 8.42 Å². The predicted molar refractivity (Wildman–Crippen MR) is 58.1 cm³/mol. The fourth-order valence-electron chi connectivity index (χ4n) is 1.59. The van der Waals surface area contributed by atoms with E-state index in [1.165, 1.54) is 0 Å². The fourth-order valence-corrected chi connectivity index (χ4v) is 1.91. The van der Waals surface area contributed by atoms with Crippen molar-refractivity contribution >= 4 is 10.4 Å². The van der Waals surface area contributed by atoms with Crippen LogP contribution < -0.4 is 6.15 Å². The average Bonchev–Trinajstić information content (AvgIpc) is 2.19. The van der Waals surface area contributed by atoms with Crippen molar-refractivity contribution in [2.75, 3.05) is 32.9 Å². The van der Waals surface area contributed by atoms with Crippen LogP contribution in [-0.2, 0) is 19.3 Å². The molecule has 0 aromatic carbocycles. The minimum absolute atomic E-state index is 0. The van der Waals surface area contributed by atoms with Crippen molar-refractivity contribution in [3.8, 4) is 0 Å². The van der Waals surface area contributed by atoms with Gasteiger partial charge in [-0.2, -0.15) is 0 Å². The number of ether oxygens (including phenoxy) is 1. The van der Waals surface area contributed by atoms with Crippen LogP contribution in [0.25, 0.3) is 0 Å². The van der Waals surface area contributed by atoms with Gasteiger partial charge in [0.1, 0.15) is 0 Å². The maximum atomic E-state index is 10.3. The Morgan fingerprint density at radius 1 is 1.44 bits per heavy atom. The van der Waals surface area contributed by atoms with Crippen LogP contribution in [-0.4, -0.2) is 56.8 Å². The lowest BCUT2D eigenvalue weighted by molar-refractivity contribution is 0.00471. The van der Waals surface area contributed by atoms with E-state index in [1.807, 2.05) is 6.92 Å². The Kier molecular flexibility index (Phi) is 7.04. The Hall–Kier alpha value is -0.250. The van der Waals surface area contributed by atoms with Crippen LogP contribution in [0.2, 0.25) is 0 Å². The van der Waals surface area contributed by atoms with E-state index in [4.69, 9.17) is 4.74 Å². The highest BCUT2D eigenvalue weighted by atomic mass is 32.3. The summed E-state index contributed by atoms with van der Waals surface area (Å²) < 4.78 is 40.4. The van der Waals surface area contributed by atoms with E-state index in [9.17, 15) is 13.0 Å². The summed E-state index contributed by atoms with van der Waals surface area (Å²) in [7, 11) is -4.58. The summed E-state index contributed by atoms with van der Waals surface area (Å²) >= 11 is 0. The van der Waals surface area contributed by atoms with Crippen molar-refractivity contribution in [2.45, 2.75) is 19.4 Å². The summed E-state index contributed by atoms with van der Waals surface area (Å²) in [6.07, 6.45) is 0.746. The molecule has 4 N–H and O–H groups in total. The maximum Gasteiger partial charge on any atom is 0.217 e. The molecule has 7 nitrogen and oxygen atoms in total. The summed E-state index contributed by atoms with van der Waals surface area (Å²) in [5.41, 5.74) is 0. The zero-order valence-electron chi connectivity index (χ0n) is 9.72. The largest absolute Gasteiger partial charge is 0.726 e. The highest BCUT2D eigenvalue weighted by Crippen LogP contribution is 2.08. The average molecular weight is 256 g/mol. The Morgan fingerprint density at radius 2 is 2.00 bits per heavy atom. The number of hydrogen-bond acceptors (Lipinski definition) is 6. The maximum absolute atomic E-state index is 10.3. The van der Waals surface area contributed by atoms with E-state index in [1.54, 1.807) is 0 Å². The molecule has 1 atom stereocenters. The Bertz CT molecular complexity index is 276. The molecule has 1 saturated heterocycles. The van der Waals surface area contributed by atoms with Crippen LogP contribution in [0.5, 0.6) is 0 Å². The topological polar surface area (TPSA) is 115 Å². The Balaban J connectivity index is 0.00000225. The van der Waals surface area contributed by atoms with Crippen molar-refractivity contribution in [3.63, 3.8) is 0 Å². The van der Waals surface area contributed by atoms with Gasteiger partial charge in [-0.3, -0.25) is 9.08 Å². The molecule has 1 aliphatic heterocycles. The molecule has 0 aromatic rings. The molecule has 0 aromatic heterocycles. The molecule has 98 valence electrons. The molecule has 0 amide bonds. The quantitative estimate of drug-likeness (QED) is 0.544. The zero-order valence-corrected chi connectivity index (χ0v) is 10.5. The molecule has 1 fully saturated rings. The van der Waals surface area contributed by atoms with E-state index in [0.29, 0.717) is 13.2 Å². The summed E-state index contributed by atoms with van der Waals surface area (Å²) in [5.74, 6) is 0. The summed E-state index contributed by atoms with van der Waals surface area (Å²) in [6.45, 7) is 4.64. The van der Waals surface area contributed by atoms with E-state index in [-0.39, 0.29) is 18.8 Å². The zero-order chi connectivity index (χ0) is 11.3. The number of hydrogen-bond donors (Lipinski definition) is 1. The molecule has 0 aliphatic carbocycles. The molecular weight excluding hydrogens is 236 g/mol. The smallest absolute Gasteiger partial charge is 0.217 e. The highest BCUT2D eigenvalue weighted by Gasteiger charge is 2.20. The van der Waals surface area contributed by atoms with Gasteiger partial charge in [-0.05, 0) is 6.42 Å². The van der Waals surface area contributed by atoms with Gasteiger partial charge in [0.15, 0.2) is 0 Å². The summed E-state index contributed by atoms with van der Waals surface area (Å²) in [4.78, 5) is 2.08. The second-order valence-electron chi connectivity index (χ2n) is 3.40. The number of quaternary nitrogens is 1. The van der Waals surface area contributed by atoms with Crippen LogP contribution in [0.1, 0.15) is 13.3 Å². The second-order valence-corrected chi connectivity index (χ2v) is 4.46. The first kappa shape index (κ1) is 15.8. The predicted octanol–water partition coefficient (Wildman–Crippen LogP) is -0.0498. The Labute approximate surface area is 96.2 Å². The first-order valence-corrected chi connectivity index (χ1v) is 6.28. The van der Waals surface area contributed by atoms with Gasteiger partial charge >= 0.3 is 0 Å². The molecule has 0 spiro atoms. The number of nitrogens with zero attached hydrogens (tertiary/aromatic N) is 1. The third kappa shape index (κ3) is 5.73. The van der Waals surface area contributed by atoms with Crippen LogP contribution in [0.4, 0.5) is 0 Å². The van der Waals surface area contributed by atoms with E-state index in [2.05, 4.69) is 9.08 Å². The molecule has 16 heavy (non-hydrogen) atoms. The molecule has 0 saturated carbocycles. The number of rotatable bonds is 5. The van der Waals surface area contributed by atoms with Crippen molar-refractivity contribution in [2.24, 2.45) is 0 Å². The van der Waals surface area contributed by atoms with Gasteiger partial charge in [-0.1, -0.05) is 6.92 Å². The van der Waals surface area contributed by atoms with E-state index in [0.717, 1.165) is 19.5 Å². The SMILES string of the molecule is CCC(COS(=O)(=O)[O-])N1CCOCC1.[NH4+]. The second kappa shape index (κ2) is 7.15. The third-order valence-electron chi connectivity index (χ3n) is 2.44. The van der Waals surface area contributed by atoms with Gasteiger partial charge in [-0.15, -0.1) is 0 Å². The third-order valence-corrected chi connectivity index (χ3v) is 2.86. The van der Waals surface area contributed by atoms with E-state index >= 15 is 0 Å². The lowest BCUT2D eigenvalue weighted by atomic mass is 10.2. The van der Waals surface area contributed by atoms with Crippen molar-refractivity contribution in [1.29, 1.82) is 0 Å². The Morgan fingerprint density at radius 3 is 2.44 bits per heavy atom. The molecule has 1 unspecified atom stereocenters. The van der Waals surface area contributed by atoms with Gasteiger partial charge in [0.05, 0.1) is 19.8 Å². The van der Waals surface area contributed by atoms with Gasteiger partial charge in [0, 0.05) is 19.1 Å². The lowest BCUT2D eigenvalue weighted by Gasteiger charge is -2.33. The highest BCUT2D eigenvalue weighted by molar-refractivity contribution is 7.80. The molecule has 1 rings (SSSR count). The first-order valence-electron chi connectivity index (χ1n) is 4.95. The normalized spacial score (nSPS) is 20.1. The van der Waals surface area contributed by atoms with Crippen LogP contribution in [0, 0.1) is 0 Å². The van der Waals surface area contributed by atoms with Gasteiger partial charge < -0.3 is 15.4 Å². The minimum Gasteiger partial charge on any atom is -0.726 e. The van der Waals surface area contributed by atoms with Crippen LogP contribution in [0.3, 0.4) is 0 Å². The molecule has 0 bridgehead atoms. The van der Waals surface area contributed by atoms with Crippen molar-refractivity contribution < 1.29 is 21.9 Å². The monoisotopic (exact) mass is 256 g/mol. The van der Waals surface area contributed by atoms with E-state index < -0.39 is 10.4 Å². The lowest BCUT2D eigenvalue weighted by Crippen LogP contribution is -2.45. The number of morpholine rings is 1. The molecule has 8 heteroatoms. The van der Waals surface area contributed by atoms with Crippen LogP contribution in [0.15, 0.2) is 0 Å². The summed E-state index contributed by atoms with van der Waals surface area (Å²) in [6, 6.07) is -0.0300.